The minimum atomic E-state index is -0.373. The summed E-state index contributed by atoms with van der Waals surface area (Å²) in [7, 11) is 0. The lowest BCUT2D eigenvalue weighted by Gasteiger charge is -2.17. The van der Waals surface area contributed by atoms with Crippen molar-refractivity contribution in [3.05, 3.63) is 94.4 Å². The first kappa shape index (κ1) is 20.7. The van der Waals surface area contributed by atoms with Crippen LogP contribution in [0.5, 0.6) is 0 Å². The average Bonchev–Trinajstić information content (AvgIpc) is 3.56. The number of furan rings is 1. The molecule has 0 saturated carbocycles. The van der Waals surface area contributed by atoms with Crippen LogP contribution in [0.4, 0.5) is 10.8 Å². The third-order valence-corrected chi connectivity index (χ3v) is 6.10. The Hall–Kier alpha value is -4.18. The Morgan fingerprint density at radius 3 is 2.85 bits per heavy atom. The van der Waals surface area contributed by atoms with Gasteiger partial charge in [0.1, 0.15) is 12.0 Å². The molecule has 0 aliphatic rings. The van der Waals surface area contributed by atoms with E-state index in [0.717, 1.165) is 10.2 Å². The zero-order valence-electron chi connectivity index (χ0n) is 17.6. The molecule has 9 nitrogen and oxygen atoms in total. The number of amides is 1. The van der Waals surface area contributed by atoms with Crippen LogP contribution in [0, 0.1) is 6.92 Å². The van der Waals surface area contributed by atoms with Crippen LogP contribution < -0.4 is 16.2 Å². The number of fused-ring (bicyclic) bond motifs is 1. The Morgan fingerprint density at radius 1 is 1.21 bits per heavy atom. The molecule has 2 N–H and O–H groups in total. The Bertz CT molecular complexity index is 1440. The topological polar surface area (TPSA) is 115 Å². The fourth-order valence-electron chi connectivity index (χ4n) is 3.55. The number of carbonyl (C=O) groups is 1. The number of benzene rings is 1. The molecular formula is C23H19N5O4S. The van der Waals surface area contributed by atoms with E-state index in [2.05, 4.69) is 20.6 Å². The number of oxazole rings is 1. The van der Waals surface area contributed by atoms with Gasteiger partial charge in [0.15, 0.2) is 11.5 Å². The van der Waals surface area contributed by atoms with Crippen molar-refractivity contribution in [3.63, 3.8) is 0 Å². The van der Waals surface area contributed by atoms with Gasteiger partial charge in [0.05, 0.1) is 46.5 Å². The van der Waals surface area contributed by atoms with Crippen molar-refractivity contribution in [1.29, 1.82) is 0 Å². The molecule has 5 rings (SSSR count). The van der Waals surface area contributed by atoms with E-state index in [1.54, 1.807) is 25.3 Å². The number of rotatable bonds is 7. The molecule has 1 amide bonds. The van der Waals surface area contributed by atoms with Gasteiger partial charge in [-0.25, -0.2) is 9.97 Å². The van der Waals surface area contributed by atoms with E-state index in [-0.39, 0.29) is 18.0 Å². The van der Waals surface area contributed by atoms with Crippen LogP contribution in [0.3, 0.4) is 0 Å². The molecule has 5 aromatic rings. The molecule has 0 atom stereocenters. The van der Waals surface area contributed by atoms with Crippen LogP contribution in [0.15, 0.2) is 75.0 Å². The minimum Gasteiger partial charge on any atom is -0.467 e. The fraction of sp³-hybridized carbons (Fsp3) is 0.130. The maximum atomic E-state index is 13.4. The predicted molar refractivity (Wildman–Crippen MR) is 125 cm³/mol. The van der Waals surface area contributed by atoms with Gasteiger partial charge >= 0.3 is 0 Å². The Labute approximate surface area is 191 Å². The van der Waals surface area contributed by atoms with E-state index in [1.165, 1.54) is 34.6 Å². The number of pyridine rings is 1. The predicted octanol–water partition coefficient (Wildman–Crippen LogP) is 4.26. The molecule has 0 saturated heterocycles. The zero-order chi connectivity index (χ0) is 22.8. The highest BCUT2D eigenvalue weighted by Crippen LogP contribution is 2.27. The van der Waals surface area contributed by atoms with Gasteiger partial charge in [0.2, 0.25) is 0 Å². The number of hydrogen-bond donors (Lipinski definition) is 2. The van der Waals surface area contributed by atoms with Crippen LogP contribution in [0.2, 0.25) is 0 Å². The largest absolute Gasteiger partial charge is 0.467 e. The summed E-state index contributed by atoms with van der Waals surface area (Å²) in [6, 6.07) is 12.6. The van der Waals surface area contributed by atoms with Crippen molar-refractivity contribution < 1.29 is 13.6 Å². The standard InChI is InChI=1S/C23H19N5O4S/c1-14-21(22(30)27-23-26-17-6-2-3-7-19(17)33-23)18(24-10-15-12-31-13-25-15)9-20(29)28(14)11-16-5-4-8-32-16/h2-9,12-13,24H,10-11H2,1H3,(H,26,27,30). The molecule has 0 aliphatic heterocycles. The average molecular weight is 462 g/mol. The molecule has 0 spiro atoms. The van der Waals surface area contributed by atoms with E-state index < -0.39 is 0 Å². The van der Waals surface area contributed by atoms with Crippen molar-refractivity contribution in [2.45, 2.75) is 20.0 Å². The van der Waals surface area contributed by atoms with Gasteiger partial charge in [-0.1, -0.05) is 23.5 Å². The maximum absolute atomic E-state index is 13.4. The number of carbonyl (C=O) groups excluding carboxylic acids is 1. The van der Waals surface area contributed by atoms with E-state index >= 15 is 0 Å². The van der Waals surface area contributed by atoms with Gasteiger partial charge in [-0.2, -0.15) is 0 Å². The highest BCUT2D eigenvalue weighted by Gasteiger charge is 2.21. The second-order valence-electron chi connectivity index (χ2n) is 7.30. The highest BCUT2D eigenvalue weighted by atomic mass is 32.1. The van der Waals surface area contributed by atoms with Gasteiger partial charge in [-0.3, -0.25) is 14.9 Å². The lowest BCUT2D eigenvalue weighted by Crippen LogP contribution is -2.28. The summed E-state index contributed by atoms with van der Waals surface area (Å²) in [6.07, 6.45) is 4.37. The van der Waals surface area contributed by atoms with Crippen molar-refractivity contribution >= 4 is 38.3 Å². The van der Waals surface area contributed by atoms with E-state index in [4.69, 9.17) is 8.83 Å². The highest BCUT2D eigenvalue weighted by molar-refractivity contribution is 7.22. The molecule has 1 aromatic carbocycles. The summed E-state index contributed by atoms with van der Waals surface area (Å²) < 4.78 is 12.9. The summed E-state index contributed by atoms with van der Waals surface area (Å²) in [6.45, 7) is 2.24. The number of nitrogens with zero attached hydrogens (tertiary/aromatic N) is 3. The number of para-hydroxylation sites is 1. The third kappa shape index (κ3) is 4.28. The molecule has 0 unspecified atom stereocenters. The third-order valence-electron chi connectivity index (χ3n) is 5.15. The smallest absolute Gasteiger partial charge is 0.261 e. The zero-order valence-corrected chi connectivity index (χ0v) is 18.4. The van der Waals surface area contributed by atoms with E-state index in [9.17, 15) is 9.59 Å². The van der Waals surface area contributed by atoms with Crippen LogP contribution in [0.25, 0.3) is 10.2 Å². The van der Waals surface area contributed by atoms with Gasteiger partial charge < -0.3 is 18.7 Å². The molecule has 4 aromatic heterocycles. The molecular weight excluding hydrogens is 442 g/mol. The molecule has 33 heavy (non-hydrogen) atoms. The number of thiazole rings is 1. The molecule has 10 heteroatoms. The molecule has 4 heterocycles. The van der Waals surface area contributed by atoms with Crippen molar-refractivity contribution in [3.8, 4) is 0 Å². The lowest BCUT2D eigenvalue weighted by molar-refractivity contribution is 0.102. The van der Waals surface area contributed by atoms with E-state index in [1.807, 2.05) is 24.3 Å². The first-order valence-electron chi connectivity index (χ1n) is 10.1. The summed E-state index contributed by atoms with van der Waals surface area (Å²) in [5, 5.41) is 6.50. The molecule has 0 radical (unpaired) electrons. The van der Waals surface area contributed by atoms with Crippen LogP contribution in [-0.2, 0) is 13.1 Å². The Kier molecular flexibility index (Phi) is 5.49. The second kappa shape index (κ2) is 8.75. The lowest BCUT2D eigenvalue weighted by atomic mass is 10.1. The second-order valence-corrected chi connectivity index (χ2v) is 8.33. The van der Waals surface area contributed by atoms with Gasteiger partial charge in [-0.15, -0.1) is 0 Å². The number of aromatic nitrogens is 3. The van der Waals surface area contributed by atoms with Gasteiger partial charge in [0, 0.05) is 11.8 Å². The first-order valence-corrected chi connectivity index (χ1v) is 10.9. The van der Waals surface area contributed by atoms with Gasteiger partial charge in [-0.05, 0) is 31.2 Å². The first-order chi connectivity index (χ1) is 16.1. The summed E-state index contributed by atoms with van der Waals surface area (Å²) in [5.41, 5.74) is 2.42. The summed E-state index contributed by atoms with van der Waals surface area (Å²) in [4.78, 5) is 34.9. The van der Waals surface area contributed by atoms with Crippen molar-refractivity contribution in [2.75, 3.05) is 10.6 Å². The van der Waals surface area contributed by atoms with Crippen LogP contribution >= 0.6 is 11.3 Å². The maximum Gasteiger partial charge on any atom is 0.261 e. The van der Waals surface area contributed by atoms with Crippen LogP contribution in [-0.4, -0.2) is 20.4 Å². The monoisotopic (exact) mass is 461 g/mol. The fourth-order valence-corrected chi connectivity index (χ4v) is 4.41. The normalized spacial score (nSPS) is 11.1. The Morgan fingerprint density at radius 2 is 2.09 bits per heavy atom. The summed E-state index contributed by atoms with van der Waals surface area (Å²) >= 11 is 1.39. The summed E-state index contributed by atoms with van der Waals surface area (Å²) in [5.74, 6) is 0.239. The minimum absolute atomic E-state index is 0.211. The molecule has 0 aliphatic carbocycles. The number of anilines is 2. The van der Waals surface area contributed by atoms with Gasteiger partial charge in [0.25, 0.3) is 11.5 Å². The number of nitrogens with one attached hydrogen (secondary N) is 2. The quantitative estimate of drug-likeness (QED) is 0.372. The molecule has 166 valence electrons. The van der Waals surface area contributed by atoms with Crippen molar-refractivity contribution in [2.24, 2.45) is 0 Å². The van der Waals surface area contributed by atoms with Crippen LogP contribution in [0.1, 0.15) is 27.5 Å². The van der Waals surface area contributed by atoms with Crippen molar-refractivity contribution in [1.82, 2.24) is 14.5 Å². The Balaban J connectivity index is 1.52. The van der Waals surface area contributed by atoms with E-state index in [0.29, 0.717) is 40.1 Å². The number of hydrogen-bond acceptors (Lipinski definition) is 8. The SMILES string of the molecule is Cc1c(C(=O)Nc2nc3ccccc3s2)c(NCc2cocn2)cc(=O)n1Cc1ccco1. The molecule has 0 bridgehead atoms. The molecule has 0 fully saturated rings.